The molecule has 1 fully saturated rings. The van der Waals surface area contributed by atoms with Gasteiger partial charge in [0, 0.05) is 39.3 Å². The van der Waals surface area contributed by atoms with E-state index in [0.29, 0.717) is 23.5 Å². The van der Waals surface area contributed by atoms with Gasteiger partial charge in [0.05, 0.1) is 11.9 Å². The van der Waals surface area contributed by atoms with Crippen molar-refractivity contribution in [3.05, 3.63) is 82.3 Å². The normalized spacial score (nSPS) is 15.3. The van der Waals surface area contributed by atoms with Gasteiger partial charge in [-0.1, -0.05) is 42.5 Å². The molecule has 1 aliphatic heterocycles. The minimum Gasteiger partial charge on any atom is -0.352 e. The minimum absolute atomic E-state index is 0.206. The van der Waals surface area contributed by atoms with Crippen molar-refractivity contribution in [1.29, 1.82) is 0 Å². The number of aromatic nitrogens is 4. The molecule has 5 rings (SSSR count). The Bertz CT molecular complexity index is 1240. The number of rotatable bonds is 6. The van der Waals surface area contributed by atoms with Gasteiger partial charge in [0.1, 0.15) is 5.39 Å². The Morgan fingerprint density at radius 2 is 1.69 bits per heavy atom. The third-order valence-electron chi connectivity index (χ3n) is 5.92. The summed E-state index contributed by atoms with van der Waals surface area (Å²) in [6.07, 6.45) is 1.55. The van der Waals surface area contributed by atoms with Crippen LogP contribution in [0.1, 0.15) is 11.1 Å². The number of benzene rings is 2. The predicted molar refractivity (Wildman–Crippen MR) is 126 cm³/mol. The number of hydrogen-bond donors (Lipinski definition) is 2. The molecule has 32 heavy (non-hydrogen) atoms. The summed E-state index contributed by atoms with van der Waals surface area (Å²) in [7, 11) is 2.18. The number of piperazine rings is 1. The van der Waals surface area contributed by atoms with Crippen LogP contribution in [0.3, 0.4) is 0 Å². The van der Waals surface area contributed by atoms with E-state index in [0.717, 1.165) is 44.0 Å². The van der Waals surface area contributed by atoms with Gasteiger partial charge < -0.3 is 10.2 Å². The number of para-hydroxylation sites is 1. The monoisotopic (exact) mass is 429 g/mol. The van der Waals surface area contributed by atoms with Crippen LogP contribution < -0.4 is 10.9 Å². The number of aromatic amines is 1. The molecule has 0 spiro atoms. The maximum atomic E-state index is 12.5. The van der Waals surface area contributed by atoms with Gasteiger partial charge in [0.2, 0.25) is 5.95 Å². The lowest BCUT2D eigenvalue weighted by Crippen LogP contribution is -2.43. The molecule has 2 aromatic heterocycles. The van der Waals surface area contributed by atoms with Crippen molar-refractivity contribution in [3.8, 4) is 5.69 Å². The summed E-state index contributed by atoms with van der Waals surface area (Å²) in [5.41, 5.74) is 3.64. The van der Waals surface area contributed by atoms with E-state index in [2.05, 4.69) is 61.5 Å². The molecule has 0 saturated carbocycles. The first kappa shape index (κ1) is 20.4. The van der Waals surface area contributed by atoms with Crippen molar-refractivity contribution in [1.82, 2.24) is 29.5 Å². The Hall–Kier alpha value is -3.49. The second-order valence-electron chi connectivity index (χ2n) is 8.29. The van der Waals surface area contributed by atoms with E-state index in [1.165, 1.54) is 5.56 Å². The summed E-state index contributed by atoms with van der Waals surface area (Å²) in [5, 5.41) is 8.06. The first-order valence-corrected chi connectivity index (χ1v) is 10.9. The van der Waals surface area contributed by atoms with Crippen molar-refractivity contribution in [3.63, 3.8) is 0 Å². The number of H-pyrrole nitrogens is 1. The SMILES string of the molecule is CN1CCN(Cc2ccc(CNc3nc4c(cnn4-c4ccccc4)c(=O)[nH]3)cc2)CC1. The van der Waals surface area contributed by atoms with Crippen LogP contribution >= 0.6 is 0 Å². The summed E-state index contributed by atoms with van der Waals surface area (Å²) >= 11 is 0. The van der Waals surface area contributed by atoms with E-state index >= 15 is 0 Å². The fraction of sp³-hybridized carbons (Fsp3) is 0.292. The average Bonchev–Trinajstić information content (AvgIpc) is 3.25. The molecular weight excluding hydrogens is 402 g/mol. The third kappa shape index (κ3) is 4.42. The zero-order chi connectivity index (χ0) is 21.9. The van der Waals surface area contributed by atoms with E-state index in [9.17, 15) is 4.79 Å². The van der Waals surface area contributed by atoms with E-state index in [1.54, 1.807) is 10.9 Å². The van der Waals surface area contributed by atoms with Crippen molar-refractivity contribution in [2.75, 3.05) is 38.5 Å². The molecule has 0 bridgehead atoms. The van der Waals surface area contributed by atoms with Gasteiger partial charge in [-0.05, 0) is 30.3 Å². The Balaban J connectivity index is 1.27. The molecule has 2 N–H and O–H groups in total. The lowest BCUT2D eigenvalue weighted by molar-refractivity contribution is 0.148. The van der Waals surface area contributed by atoms with E-state index in [1.807, 2.05) is 30.3 Å². The molecule has 0 unspecified atom stereocenters. The maximum absolute atomic E-state index is 12.5. The Morgan fingerprint density at radius 1 is 0.969 bits per heavy atom. The summed E-state index contributed by atoms with van der Waals surface area (Å²) in [5.74, 6) is 0.432. The zero-order valence-corrected chi connectivity index (χ0v) is 18.2. The highest BCUT2D eigenvalue weighted by Crippen LogP contribution is 2.15. The van der Waals surface area contributed by atoms with Gasteiger partial charge in [-0.15, -0.1) is 0 Å². The lowest BCUT2D eigenvalue weighted by atomic mass is 10.1. The van der Waals surface area contributed by atoms with E-state index in [4.69, 9.17) is 0 Å². The first-order valence-electron chi connectivity index (χ1n) is 10.9. The van der Waals surface area contributed by atoms with Gasteiger partial charge in [-0.25, -0.2) is 4.68 Å². The molecule has 1 saturated heterocycles. The molecule has 0 atom stereocenters. The summed E-state index contributed by atoms with van der Waals surface area (Å²) in [6, 6.07) is 18.3. The van der Waals surface area contributed by atoms with Crippen LogP contribution in [0.5, 0.6) is 0 Å². The van der Waals surface area contributed by atoms with E-state index in [-0.39, 0.29) is 5.56 Å². The molecule has 4 aromatic rings. The second-order valence-corrected chi connectivity index (χ2v) is 8.29. The smallest absolute Gasteiger partial charge is 0.263 e. The molecule has 0 radical (unpaired) electrons. The zero-order valence-electron chi connectivity index (χ0n) is 18.2. The number of fused-ring (bicyclic) bond motifs is 1. The van der Waals surface area contributed by atoms with Crippen LogP contribution in [0.4, 0.5) is 5.95 Å². The fourth-order valence-electron chi connectivity index (χ4n) is 3.97. The second kappa shape index (κ2) is 8.94. The van der Waals surface area contributed by atoms with Gasteiger partial charge in [-0.3, -0.25) is 14.7 Å². The molecule has 164 valence electrons. The molecule has 8 nitrogen and oxygen atoms in total. The molecule has 1 aliphatic rings. The number of nitrogens with one attached hydrogen (secondary N) is 2. The maximum Gasteiger partial charge on any atom is 0.263 e. The minimum atomic E-state index is -0.206. The van der Waals surface area contributed by atoms with Crippen molar-refractivity contribution >= 4 is 17.0 Å². The number of anilines is 1. The average molecular weight is 430 g/mol. The predicted octanol–water partition coefficient (Wildman–Crippen LogP) is 2.47. The van der Waals surface area contributed by atoms with Crippen LogP contribution in [0.2, 0.25) is 0 Å². The van der Waals surface area contributed by atoms with Crippen LogP contribution in [-0.2, 0) is 13.1 Å². The van der Waals surface area contributed by atoms with Gasteiger partial charge >= 0.3 is 0 Å². The standard InChI is InChI=1S/C24H27N7O/c1-29-11-13-30(14-12-29)17-19-9-7-18(8-10-19)15-25-24-27-22-21(23(32)28-24)16-26-31(22)20-5-3-2-4-6-20/h2-10,16H,11-15,17H2,1H3,(H2,25,27,28,32). The fourth-order valence-corrected chi connectivity index (χ4v) is 3.97. The quantitative estimate of drug-likeness (QED) is 0.490. The Morgan fingerprint density at radius 3 is 2.44 bits per heavy atom. The van der Waals surface area contributed by atoms with E-state index < -0.39 is 0 Å². The molecular formula is C24H27N7O. The molecule has 3 heterocycles. The van der Waals surface area contributed by atoms with Crippen LogP contribution in [0.25, 0.3) is 16.7 Å². The van der Waals surface area contributed by atoms with Crippen LogP contribution in [0, 0.1) is 0 Å². The summed E-state index contributed by atoms with van der Waals surface area (Å²) in [6.45, 7) is 6.03. The van der Waals surface area contributed by atoms with Crippen LogP contribution in [0.15, 0.2) is 65.6 Å². The molecule has 0 amide bonds. The number of nitrogens with zero attached hydrogens (tertiary/aromatic N) is 5. The highest BCUT2D eigenvalue weighted by molar-refractivity contribution is 5.76. The molecule has 0 aliphatic carbocycles. The summed E-state index contributed by atoms with van der Waals surface area (Å²) in [4.78, 5) is 24.8. The van der Waals surface area contributed by atoms with Gasteiger partial charge in [-0.2, -0.15) is 10.1 Å². The summed E-state index contributed by atoms with van der Waals surface area (Å²) < 4.78 is 1.68. The van der Waals surface area contributed by atoms with Gasteiger partial charge in [0.15, 0.2) is 5.65 Å². The van der Waals surface area contributed by atoms with Crippen molar-refractivity contribution in [2.24, 2.45) is 0 Å². The molecule has 8 heteroatoms. The number of likely N-dealkylation sites (N-methyl/N-ethyl adjacent to an activating group) is 1. The van der Waals surface area contributed by atoms with Crippen molar-refractivity contribution < 1.29 is 0 Å². The van der Waals surface area contributed by atoms with Crippen molar-refractivity contribution in [2.45, 2.75) is 13.1 Å². The Kier molecular flexibility index (Phi) is 5.70. The molecule has 2 aromatic carbocycles. The number of hydrogen-bond acceptors (Lipinski definition) is 6. The third-order valence-corrected chi connectivity index (χ3v) is 5.92. The first-order chi connectivity index (χ1) is 15.7. The topological polar surface area (TPSA) is 82.1 Å². The highest BCUT2D eigenvalue weighted by atomic mass is 16.1. The highest BCUT2D eigenvalue weighted by Gasteiger charge is 2.14. The van der Waals surface area contributed by atoms with Crippen LogP contribution in [-0.4, -0.2) is 62.8 Å². The largest absolute Gasteiger partial charge is 0.352 e. The van der Waals surface area contributed by atoms with Gasteiger partial charge in [0.25, 0.3) is 5.56 Å². The lowest BCUT2D eigenvalue weighted by Gasteiger charge is -2.32. The Labute approximate surface area is 186 Å².